The second kappa shape index (κ2) is 10.6. The summed E-state index contributed by atoms with van der Waals surface area (Å²) >= 11 is 3.30. The normalized spacial score (nSPS) is 20.1. The van der Waals surface area contributed by atoms with Gasteiger partial charge in [-0.1, -0.05) is 39.0 Å². The van der Waals surface area contributed by atoms with Gasteiger partial charge in [0.15, 0.2) is 0 Å². The number of thioether (sulfide) groups is 1. The third-order valence-corrected chi connectivity index (χ3v) is 9.02. The second-order valence-corrected chi connectivity index (χ2v) is 12.8. The van der Waals surface area contributed by atoms with Gasteiger partial charge in [0.1, 0.15) is 12.4 Å². The average molecular weight is 539 g/mol. The maximum Gasteiger partial charge on any atom is 0.240 e. The fourth-order valence-electron chi connectivity index (χ4n) is 4.91. The van der Waals surface area contributed by atoms with Crippen LogP contribution in [0, 0.1) is 6.92 Å². The number of hydrogen-bond donors (Lipinski definition) is 1. The highest BCUT2D eigenvalue weighted by Crippen LogP contribution is 2.49. The molecule has 0 bridgehead atoms. The first-order valence-electron chi connectivity index (χ1n) is 12.8. The third kappa shape index (κ3) is 5.49. The molecule has 2 aliphatic heterocycles. The highest BCUT2D eigenvalue weighted by molar-refractivity contribution is 8.00. The van der Waals surface area contributed by atoms with Crippen molar-refractivity contribution in [2.75, 3.05) is 30.3 Å². The Morgan fingerprint density at radius 1 is 1.24 bits per heavy atom. The Kier molecular flexibility index (Phi) is 7.47. The maximum atomic E-state index is 13.7. The summed E-state index contributed by atoms with van der Waals surface area (Å²) in [5.74, 6) is 0.694. The smallest absolute Gasteiger partial charge is 0.240 e. The Morgan fingerprint density at radius 2 is 2.08 bits per heavy atom. The fourth-order valence-corrected chi connectivity index (χ4v) is 7.09. The van der Waals surface area contributed by atoms with E-state index in [2.05, 4.69) is 43.6 Å². The second-order valence-electron chi connectivity index (χ2n) is 10.7. The Balaban J connectivity index is 1.63. The summed E-state index contributed by atoms with van der Waals surface area (Å²) < 4.78 is 7.54. The van der Waals surface area contributed by atoms with Crippen LogP contribution in [0.4, 0.5) is 5.82 Å². The van der Waals surface area contributed by atoms with Gasteiger partial charge < -0.3 is 10.1 Å². The van der Waals surface area contributed by atoms with Crippen LogP contribution in [0.2, 0.25) is 0 Å². The van der Waals surface area contributed by atoms with Crippen LogP contribution in [0.15, 0.2) is 41.8 Å². The molecule has 5 rings (SSSR count). The number of amides is 2. The molecule has 37 heavy (non-hydrogen) atoms. The molecule has 2 aromatic heterocycles. The van der Waals surface area contributed by atoms with Crippen LogP contribution in [0.1, 0.15) is 60.6 Å². The van der Waals surface area contributed by atoms with Gasteiger partial charge in [-0.05, 0) is 48.9 Å². The molecular weight excluding hydrogens is 504 g/mol. The average Bonchev–Trinajstić information content (AvgIpc) is 3.61. The lowest BCUT2D eigenvalue weighted by molar-refractivity contribution is -0.123. The summed E-state index contributed by atoms with van der Waals surface area (Å²) in [5.41, 5.74) is 3.66. The number of anilines is 1. The van der Waals surface area contributed by atoms with Gasteiger partial charge in [-0.3, -0.25) is 14.5 Å². The number of hydrogen-bond acceptors (Lipinski definition) is 6. The molecule has 1 N–H and O–H groups in total. The van der Waals surface area contributed by atoms with Crippen molar-refractivity contribution in [2.45, 2.75) is 57.3 Å². The highest BCUT2D eigenvalue weighted by Gasteiger charge is 2.40. The number of aryl methyl sites for hydroxylation is 1. The van der Waals surface area contributed by atoms with Gasteiger partial charge in [0, 0.05) is 29.0 Å². The first-order valence-corrected chi connectivity index (χ1v) is 14.7. The number of nitrogens with one attached hydrogen (secondary N) is 1. The van der Waals surface area contributed by atoms with E-state index in [-0.39, 0.29) is 40.9 Å². The number of fused-ring (bicyclic) bond motifs is 1. The first kappa shape index (κ1) is 26.0. The predicted molar refractivity (Wildman–Crippen MR) is 150 cm³/mol. The van der Waals surface area contributed by atoms with E-state index < -0.39 is 0 Å². The predicted octanol–water partition coefficient (Wildman–Crippen LogP) is 5.00. The highest BCUT2D eigenvalue weighted by atomic mass is 32.2. The van der Waals surface area contributed by atoms with Crippen molar-refractivity contribution in [3.05, 3.63) is 63.5 Å². The summed E-state index contributed by atoms with van der Waals surface area (Å²) in [7, 11) is 0. The summed E-state index contributed by atoms with van der Waals surface area (Å²) in [4.78, 5) is 29.6. The van der Waals surface area contributed by atoms with Crippen LogP contribution in [-0.4, -0.2) is 53.1 Å². The monoisotopic (exact) mass is 538 g/mol. The minimum absolute atomic E-state index is 0.0448. The SMILES string of the molecule is Cc1cccc(-n2nc(C(C)(C)C)c3c2N(CC(=O)NC[C@@H]2CCCO2)C(=O)CS[C@@H]3c2cccs2)c1. The van der Waals surface area contributed by atoms with Crippen molar-refractivity contribution in [1.82, 2.24) is 15.1 Å². The largest absolute Gasteiger partial charge is 0.376 e. The molecule has 0 spiro atoms. The van der Waals surface area contributed by atoms with Crippen LogP contribution >= 0.6 is 23.1 Å². The Bertz CT molecular complexity index is 1270. The number of carbonyl (C=O) groups excluding carboxylic acids is 2. The van der Waals surface area contributed by atoms with Crippen LogP contribution in [0.5, 0.6) is 0 Å². The minimum Gasteiger partial charge on any atom is -0.376 e. The van der Waals surface area contributed by atoms with E-state index in [1.807, 2.05) is 35.9 Å². The number of thiophene rings is 1. The van der Waals surface area contributed by atoms with Crippen LogP contribution < -0.4 is 10.2 Å². The fraction of sp³-hybridized carbons (Fsp3) is 0.464. The van der Waals surface area contributed by atoms with Crippen molar-refractivity contribution >= 4 is 40.7 Å². The standard InChI is InChI=1S/C28H34N4O3S2/c1-18-8-5-9-19(14-18)32-27-24(26(30-32)28(2,3)4)25(21-11-7-13-36-21)37-17-23(34)31(27)16-22(33)29-15-20-10-6-12-35-20/h5,7-9,11,13-14,20,25H,6,10,12,15-17H2,1-4H3,(H,29,33)/t20-,25+/m0/s1. The number of rotatable bonds is 6. The van der Waals surface area contributed by atoms with Crippen molar-refractivity contribution < 1.29 is 14.3 Å². The molecule has 2 atom stereocenters. The van der Waals surface area contributed by atoms with E-state index in [1.54, 1.807) is 28.0 Å². The lowest BCUT2D eigenvalue weighted by atomic mass is 9.88. The summed E-state index contributed by atoms with van der Waals surface area (Å²) in [6.45, 7) is 9.64. The van der Waals surface area contributed by atoms with Crippen molar-refractivity contribution in [3.8, 4) is 5.69 Å². The summed E-state index contributed by atoms with van der Waals surface area (Å²) in [6.07, 6.45) is 2.01. The van der Waals surface area contributed by atoms with Crippen molar-refractivity contribution in [2.24, 2.45) is 0 Å². The molecule has 4 heterocycles. The van der Waals surface area contributed by atoms with Crippen molar-refractivity contribution in [3.63, 3.8) is 0 Å². The zero-order valence-corrected chi connectivity index (χ0v) is 23.5. The Hall–Kier alpha value is -2.62. The number of aromatic nitrogens is 2. The van der Waals surface area contributed by atoms with Gasteiger partial charge in [0.05, 0.1) is 28.5 Å². The molecule has 1 saturated heterocycles. The minimum atomic E-state index is -0.268. The lowest BCUT2D eigenvalue weighted by Crippen LogP contribution is -2.44. The molecule has 2 aliphatic rings. The van der Waals surface area contributed by atoms with E-state index in [4.69, 9.17) is 9.84 Å². The van der Waals surface area contributed by atoms with Gasteiger partial charge in [0.25, 0.3) is 0 Å². The zero-order chi connectivity index (χ0) is 26.2. The van der Waals surface area contributed by atoms with Gasteiger partial charge >= 0.3 is 0 Å². The van der Waals surface area contributed by atoms with Gasteiger partial charge in [-0.15, -0.1) is 23.1 Å². The molecule has 0 aliphatic carbocycles. The molecule has 9 heteroatoms. The quantitative estimate of drug-likeness (QED) is 0.478. The van der Waals surface area contributed by atoms with Gasteiger partial charge in [-0.25, -0.2) is 4.68 Å². The van der Waals surface area contributed by atoms with Gasteiger partial charge in [0.2, 0.25) is 11.8 Å². The third-order valence-electron chi connectivity index (χ3n) is 6.70. The van der Waals surface area contributed by atoms with Crippen LogP contribution in [0.25, 0.3) is 5.69 Å². The van der Waals surface area contributed by atoms with E-state index in [0.29, 0.717) is 12.4 Å². The van der Waals surface area contributed by atoms with E-state index >= 15 is 0 Å². The molecule has 1 fully saturated rings. The zero-order valence-electron chi connectivity index (χ0n) is 21.8. The van der Waals surface area contributed by atoms with Crippen LogP contribution in [0.3, 0.4) is 0 Å². The number of nitrogens with zero attached hydrogens (tertiary/aromatic N) is 3. The molecule has 0 unspecified atom stereocenters. The van der Waals surface area contributed by atoms with E-state index in [0.717, 1.165) is 42.0 Å². The van der Waals surface area contributed by atoms with Gasteiger partial charge in [-0.2, -0.15) is 5.10 Å². The van der Waals surface area contributed by atoms with Crippen LogP contribution in [-0.2, 0) is 19.7 Å². The number of carbonyl (C=O) groups is 2. The molecule has 196 valence electrons. The molecule has 3 aromatic rings. The maximum absolute atomic E-state index is 13.7. The molecule has 0 radical (unpaired) electrons. The molecule has 7 nitrogen and oxygen atoms in total. The molecule has 0 saturated carbocycles. The van der Waals surface area contributed by atoms with E-state index in [9.17, 15) is 9.59 Å². The Morgan fingerprint density at radius 3 is 2.76 bits per heavy atom. The lowest BCUT2D eigenvalue weighted by Gasteiger charge is -2.24. The summed E-state index contributed by atoms with van der Waals surface area (Å²) in [5, 5.41) is 10.2. The van der Waals surface area contributed by atoms with Crippen molar-refractivity contribution in [1.29, 1.82) is 0 Å². The number of ether oxygens (including phenoxy) is 1. The molecule has 2 amide bonds. The first-order chi connectivity index (χ1) is 17.7. The van der Waals surface area contributed by atoms with E-state index in [1.165, 1.54) is 4.88 Å². The summed E-state index contributed by atoms with van der Waals surface area (Å²) in [6, 6.07) is 12.3. The molecular formula is C28H34N4O3S2. The topological polar surface area (TPSA) is 76.5 Å². The Labute approximate surface area is 226 Å². The number of benzene rings is 1. The molecule has 1 aromatic carbocycles.